The van der Waals surface area contributed by atoms with Gasteiger partial charge < -0.3 is 9.64 Å². The zero-order chi connectivity index (χ0) is 18.1. The molecule has 1 saturated carbocycles. The Morgan fingerprint density at radius 2 is 1.88 bits per heavy atom. The van der Waals surface area contributed by atoms with Gasteiger partial charge >= 0.3 is 0 Å². The molecule has 1 aromatic carbocycles. The van der Waals surface area contributed by atoms with Gasteiger partial charge in [-0.3, -0.25) is 10.0 Å². The Morgan fingerprint density at radius 1 is 1.28 bits per heavy atom. The molecule has 3 rings (SSSR count). The molecular formula is C17H24N2O5S. The van der Waals surface area contributed by atoms with Crippen LogP contribution in [0.4, 0.5) is 0 Å². The lowest BCUT2D eigenvalue weighted by molar-refractivity contribution is -0.133. The minimum Gasteiger partial charge on any atom is -0.494 e. The molecule has 1 aliphatic carbocycles. The number of rotatable bonds is 6. The highest BCUT2D eigenvalue weighted by atomic mass is 32.2. The molecule has 0 bridgehead atoms. The molecule has 2 aliphatic rings. The largest absolute Gasteiger partial charge is 0.494 e. The number of likely N-dealkylation sites (tertiary alicyclic amines) is 1. The SMILES string of the molecule is CCOc1ccc(S(=O)(=O)C2(C(=O)NO)CCN(C3CC3)CC2)cc1. The fraction of sp³-hybridized carbons (Fsp3) is 0.588. The number of piperidine rings is 1. The van der Waals surface area contributed by atoms with Gasteiger partial charge in [-0.2, -0.15) is 0 Å². The molecule has 2 N–H and O–H groups in total. The smallest absolute Gasteiger partial charge is 0.265 e. The predicted octanol–water partition coefficient (Wildman–Crippen LogP) is 1.36. The standard InChI is InChI=1S/C17H24N2O5S/c1-2-24-14-5-7-15(8-6-14)25(22,23)17(16(20)18-21)9-11-19(12-10-17)13-3-4-13/h5-8,13,21H,2-4,9-12H2,1H3,(H,18,20). The van der Waals surface area contributed by atoms with E-state index in [2.05, 4.69) is 4.90 Å². The lowest BCUT2D eigenvalue weighted by Gasteiger charge is -2.39. The summed E-state index contributed by atoms with van der Waals surface area (Å²) < 4.78 is 30.2. The van der Waals surface area contributed by atoms with Crippen molar-refractivity contribution in [2.75, 3.05) is 19.7 Å². The molecule has 8 heteroatoms. The molecule has 138 valence electrons. The number of carbonyl (C=O) groups is 1. The number of amides is 1. The van der Waals surface area contributed by atoms with Gasteiger partial charge in [0.25, 0.3) is 5.91 Å². The third kappa shape index (κ3) is 3.26. The van der Waals surface area contributed by atoms with Crippen LogP contribution in [0.5, 0.6) is 5.75 Å². The molecular weight excluding hydrogens is 344 g/mol. The van der Waals surface area contributed by atoms with E-state index in [0.717, 1.165) is 12.8 Å². The zero-order valence-corrected chi connectivity index (χ0v) is 15.1. The summed E-state index contributed by atoms with van der Waals surface area (Å²) in [5, 5.41) is 9.17. The van der Waals surface area contributed by atoms with Gasteiger partial charge in [0, 0.05) is 19.1 Å². The Balaban J connectivity index is 1.90. The van der Waals surface area contributed by atoms with Crippen LogP contribution < -0.4 is 10.2 Å². The molecule has 0 aromatic heterocycles. The summed E-state index contributed by atoms with van der Waals surface area (Å²) >= 11 is 0. The number of ether oxygens (including phenoxy) is 1. The van der Waals surface area contributed by atoms with Crippen molar-refractivity contribution in [2.45, 2.75) is 48.3 Å². The second kappa shape index (κ2) is 6.93. The van der Waals surface area contributed by atoms with Crippen molar-refractivity contribution in [3.63, 3.8) is 0 Å². The maximum absolute atomic E-state index is 13.2. The molecule has 7 nitrogen and oxygen atoms in total. The first-order chi connectivity index (χ1) is 11.9. The van der Waals surface area contributed by atoms with Crippen molar-refractivity contribution in [3.8, 4) is 5.75 Å². The second-order valence-corrected chi connectivity index (χ2v) is 8.87. The Kier molecular flexibility index (Phi) is 5.04. The van der Waals surface area contributed by atoms with E-state index in [1.807, 2.05) is 6.92 Å². The molecule has 2 fully saturated rings. The molecule has 0 spiro atoms. The summed E-state index contributed by atoms with van der Waals surface area (Å²) in [6, 6.07) is 6.60. The molecule has 1 aromatic rings. The van der Waals surface area contributed by atoms with E-state index in [-0.39, 0.29) is 17.7 Å². The highest BCUT2D eigenvalue weighted by Crippen LogP contribution is 2.39. The van der Waals surface area contributed by atoms with E-state index in [0.29, 0.717) is 31.5 Å². The maximum atomic E-state index is 13.2. The van der Waals surface area contributed by atoms with Gasteiger partial charge in [-0.1, -0.05) is 0 Å². The van der Waals surface area contributed by atoms with Gasteiger partial charge in [-0.05, 0) is 56.9 Å². The van der Waals surface area contributed by atoms with Crippen LogP contribution in [0.25, 0.3) is 0 Å². The maximum Gasteiger partial charge on any atom is 0.265 e. The first-order valence-corrected chi connectivity index (χ1v) is 10.1. The Hall–Kier alpha value is -1.64. The average Bonchev–Trinajstić information content (AvgIpc) is 3.47. The molecule has 0 atom stereocenters. The normalized spacial score (nSPS) is 20.9. The van der Waals surface area contributed by atoms with Crippen LogP contribution >= 0.6 is 0 Å². The van der Waals surface area contributed by atoms with Gasteiger partial charge in [-0.15, -0.1) is 0 Å². The van der Waals surface area contributed by atoms with Crippen LogP contribution in [0.3, 0.4) is 0 Å². The predicted molar refractivity (Wildman–Crippen MR) is 91.3 cm³/mol. The summed E-state index contributed by atoms with van der Waals surface area (Å²) in [5.41, 5.74) is 1.58. The topological polar surface area (TPSA) is 95.9 Å². The summed E-state index contributed by atoms with van der Waals surface area (Å²) in [6.07, 6.45) is 2.60. The molecule has 1 heterocycles. The number of hydrogen-bond acceptors (Lipinski definition) is 6. The fourth-order valence-electron chi connectivity index (χ4n) is 3.52. The van der Waals surface area contributed by atoms with Crippen molar-refractivity contribution in [3.05, 3.63) is 24.3 Å². The molecule has 0 unspecified atom stereocenters. The van der Waals surface area contributed by atoms with Gasteiger partial charge in [0.15, 0.2) is 14.6 Å². The Morgan fingerprint density at radius 3 is 2.36 bits per heavy atom. The molecule has 0 radical (unpaired) electrons. The fourth-order valence-corrected chi connectivity index (χ4v) is 5.47. The van der Waals surface area contributed by atoms with Crippen molar-refractivity contribution in [2.24, 2.45) is 0 Å². The van der Waals surface area contributed by atoms with Crippen molar-refractivity contribution < 1.29 is 23.2 Å². The van der Waals surface area contributed by atoms with Gasteiger partial charge in [0.05, 0.1) is 11.5 Å². The van der Waals surface area contributed by atoms with E-state index in [1.54, 1.807) is 17.6 Å². The van der Waals surface area contributed by atoms with E-state index >= 15 is 0 Å². The molecule has 1 aliphatic heterocycles. The van der Waals surface area contributed by atoms with Crippen molar-refractivity contribution in [1.82, 2.24) is 10.4 Å². The minimum absolute atomic E-state index is 0.0689. The highest BCUT2D eigenvalue weighted by Gasteiger charge is 2.53. The Bertz CT molecular complexity index is 720. The number of carbonyl (C=O) groups excluding carboxylic acids is 1. The lowest BCUT2D eigenvalue weighted by Crippen LogP contribution is -2.58. The summed E-state index contributed by atoms with van der Waals surface area (Å²) in [6.45, 7) is 3.40. The quantitative estimate of drug-likeness (QED) is 0.581. The first kappa shape index (κ1) is 18.2. The van der Waals surface area contributed by atoms with Crippen molar-refractivity contribution in [1.29, 1.82) is 0 Å². The van der Waals surface area contributed by atoms with Gasteiger partial charge in [0.2, 0.25) is 0 Å². The number of benzene rings is 1. The minimum atomic E-state index is -3.95. The van der Waals surface area contributed by atoms with E-state index < -0.39 is 20.5 Å². The molecule has 1 amide bonds. The van der Waals surface area contributed by atoms with Crippen LogP contribution in [0.15, 0.2) is 29.2 Å². The van der Waals surface area contributed by atoms with E-state index in [9.17, 15) is 13.2 Å². The third-order valence-corrected chi connectivity index (χ3v) is 7.66. The van der Waals surface area contributed by atoms with Crippen LogP contribution in [-0.4, -0.2) is 54.9 Å². The monoisotopic (exact) mass is 368 g/mol. The van der Waals surface area contributed by atoms with Gasteiger partial charge in [0.1, 0.15) is 5.75 Å². The zero-order valence-electron chi connectivity index (χ0n) is 14.3. The van der Waals surface area contributed by atoms with Crippen molar-refractivity contribution >= 4 is 15.7 Å². The van der Waals surface area contributed by atoms with E-state index in [4.69, 9.17) is 9.94 Å². The Labute approximate surface area is 147 Å². The first-order valence-electron chi connectivity index (χ1n) is 8.60. The number of sulfone groups is 1. The van der Waals surface area contributed by atoms with Crippen LogP contribution in [-0.2, 0) is 14.6 Å². The number of hydrogen-bond donors (Lipinski definition) is 2. The highest BCUT2D eigenvalue weighted by molar-refractivity contribution is 7.93. The summed E-state index contributed by atoms with van der Waals surface area (Å²) in [4.78, 5) is 14.7. The molecule has 25 heavy (non-hydrogen) atoms. The van der Waals surface area contributed by atoms with Crippen LogP contribution in [0.2, 0.25) is 0 Å². The number of hydroxylamine groups is 1. The summed E-state index contributed by atoms with van der Waals surface area (Å²) in [7, 11) is -3.95. The summed E-state index contributed by atoms with van der Waals surface area (Å²) in [5.74, 6) is -0.275. The number of nitrogens with one attached hydrogen (secondary N) is 1. The average molecular weight is 368 g/mol. The third-order valence-electron chi connectivity index (χ3n) is 5.14. The van der Waals surface area contributed by atoms with Crippen LogP contribution in [0.1, 0.15) is 32.6 Å². The lowest BCUT2D eigenvalue weighted by atomic mass is 9.94. The van der Waals surface area contributed by atoms with E-state index in [1.165, 1.54) is 12.1 Å². The second-order valence-electron chi connectivity index (χ2n) is 6.61. The van der Waals surface area contributed by atoms with Crippen LogP contribution in [0, 0.1) is 0 Å². The molecule has 1 saturated heterocycles. The number of nitrogens with zero attached hydrogens (tertiary/aromatic N) is 1. The van der Waals surface area contributed by atoms with Gasteiger partial charge in [-0.25, -0.2) is 13.9 Å².